The summed E-state index contributed by atoms with van der Waals surface area (Å²) in [6.07, 6.45) is -2.27. The second-order valence-electron chi connectivity index (χ2n) is 7.36. The maximum atomic E-state index is 13.1. The molecule has 0 bridgehead atoms. The van der Waals surface area contributed by atoms with Crippen molar-refractivity contribution in [2.75, 3.05) is 56.2 Å². The van der Waals surface area contributed by atoms with E-state index in [9.17, 15) is 18.0 Å². The number of amides is 1. The molecule has 150 valence electrons. The Balaban J connectivity index is 1.76. The fourth-order valence-corrected chi connectivity index (χ4v) is 3.72. The normalized spacial score (nSPS) is 21.9. The summed E-state index contributed by atoms with van der Waals surface area (Å²) in [5.41, 5.74) is 0.0508. The molecule has 8 heteroatoms. The number of carbonyl (C=O) groups is 1. The molecule has 1 unspecified atom stereocenters. The first-order valence-corrected chi connectivity index (χ1v) is 9.39. The largest absolute Gasteiger partial charge is 0.416 e. The first-order valence-electron chi connectivity index (χ1n) is 9.39. The molecule has 1 amide bonds. The Kier molecular flexibility index (Phi) is 6.26. The van der Waals surface area contributed by atoms with Crippen molar-refractivity contribution in [1.29, 1.82) is 0 Å². The molecule has 3 rings (SSSR count). The van der Waals surface area contributed by atoms with Gasteiger partial charge in [-0.2, -0.15) is 13.2 Å². The van der Waals surface area contributed by atoms with Crippen LogP contribution >= 0.6 is 0 Å². The molecule has 2 saturated heterocycles. The van der Waals surface area contributed by atoms with E-state index in [2.05, 4.69) is 17.1 Å². The highest BCUT2D eigenvalue weighted by molar-refractivity contribution is 5.95. The molecule has 2 heterocycles. The van der Waals surface area contributed by atoms with Gasteiger partial charge in [-0.15, -0.1) is 0 Å². The van der Waals surface area contributed by atoms with Crippen molar-refractivity contribution >= 4 is 17.3 Å². The molecular formula is C19H26F3N3O2. The van der Waals surface area contributed by atoms with Crippen LogP contribution in [0.2, 0.25) is 0 Å². The number of morpholine rings is 1. The average Bonchev–Trinajstić information content (AvgIpc) is 2.61. The predicted octanol–water partition coefficient (Wildman–Crippen LogP) is 3.21. The number of likely N-dealkylation sites (tertiary alicyclic amines) is 1. The molecule has 2 aliphatic rings. The molecule has 27 heavy (non-hydrogen) atoms. The minimum atomic E-state index is -4.45. The number of nitrogens with zero attached hydrogens (tertiary/aromatic N) is 2. The van der Waals surface area contributed by atoms with E-state index in [1.165, 1.54) is 6.07 Å². The highest BCUT2D eigenvalue weighted by atomic mass is 19.4. The zero-order valence-electron chi connectivity index (χ0n) is 15.5. The summed E-state index contributed by atoms with van der Waals surface area (Å²) in [6, 6.07) is 3.53. The Labute approximate surface area is 157 Å². The fourth-order valence-electron chi connectivity index (χ4n) is 3.72. The second-order valence-corrected chi connectivity index (χ2v) is 7.36. The van der Waals surface area contributed by atoms with E-state index in [1.807, 2.05) is 4.90 Å². The van der Waals surface area contributed by atoms with E-state index >= 15 is 0 Å². The van der Waals surface area contributed by atoms with E-state index in [0.717, 1.165) is 38.1 Å². The number of carbonyl (C=O) groups excluding carboxylic acids is 1. The van der Waals surface area contributed by atoms with Gasteiger partial charge in [0.15, 0.2) is 0 Å². The molecule has 1 atom stereocenters. The summed E-state index contributed by atoms with van der Waals surface area (Å²) in [4.78, 5) is 16.5. The quantitative estimate of drug-likeness (QED) is 0.865. The van der Waals surface area contributed by atoms with Gasteiger partial charge >= 0.3 is 6.18 Å². The van der Waals surface area contributed by atoms with Crippen LogP contribution in [0.5, 0.6) is 0 Å². The molecule has 0 aromatic heterocycles. The molecule has 0 saturated carbocycles. The minimum absolute atomic E-state index is 0.198. The van der Waals surface area contributed by atoms with Crippen LogP contribution in [0.25, 0.3) is 0 Å². The molecular weight excluding hydrogens is 359 g/mol. The van der Waals surface area contributed by atoms with Crippen molar-refractivity contribution in [1.82, 2.24) is 4.90 Å². The van der Waals surface area contributed by atoms with Gasteiger partial charge in [0.2, 0.25) is 5.91 Å². The van der Waals surface area contributed by atoms with Crippen molar-refractivity contribution < 1.29 is 22.7 Å². The lowest BCUT2D eigenvalue weighted by Crippen LogP contribution is -2.40. The molecule has 2 aliphatic heterocycles. The Bertz CT molecular complexity index is 660. The summed E-state index contributed by atoms with van der Waals surface area (Å²) in [5, 5.41) is 2.72. The first-order chi connectivity index (χ1) is 12.8. The van der Waals surface area contributed by atoms with Gasteiger partial charge in [-0.05, 0) is 43.5 Å². The van der Waals surface area contributed by atoms with E-state index in [-0.39, 0.29) is 18.1 Å². The van der Waals surface area contributed by atoms with Gasteiger partial charge in [-0.3, -0.25) is 9.69 Å². The zero-order valence-corrected chi connectivity index (χ0v) is 15.5. The van der Waals surface area contributed by atoms with Crippen molar-refractivity contribution in [3.8, 4) is 0 Å². The molecule has 0 spiro atoms. The van der Waals surface area contributed by atoms with Gasteiger partial charge in [-0.1, -0.05) is 6.92 Å². The number of ether oxygens (including phenoxy) is 1. The molecule has 0 radical (unpaired) electrons. The van der Waals surface area contributed by atoms with Gasteiger partial charge in [0.05, 0.1) is 36.7 Å². The zero-order chi connectivity index (χ0) is 19.4. The number of anilines is 2. The Morgan fingerprint density at radius 3 is 2.67 bits per heavy atom. The lowest BCUT2D eigenvalue weighted by Gasteiger charge is -2.32. The van der Waals surface area contributed by atoms with Crippen LogP contribution < -0.4 is 10.2 Å². The van der Waals surface area contributed by atoms with Crippen molar-refractivity contribution in [2.24, 2.45) is 5.92 Å². The average molecular weight is 385 g/mol. The minimum Gasteiger partial charge on any atom is -0.378 e. The topological polar surface area (TPSA) is 44.8 Å². The van der Waals surface area contributed by atoms with E-state index in [1.54, 1.807) is 0 Å². The third kappa shape index (κ3) is 5.35. The van der Waals surface area contributed by atoms with Crippen LogP contribution in [0.15, 0.2) is 18.2 Å². The van der Waals surface area contributed by atoms with Crippen LogP contribution in [0.4, 0.5) is 24.5 Å². The standard InChI is InChI=1S/C19H26F3N3O2/c1-14-3-2-6-24(12-14)13-18(26)23-16-11-15(19(20,21)22)4-5-17(16)25-7-9-27-10-8-25/h4-5,11,14H,2-3,6-10,12-13H2,1H3,(H,23,26). The van der Waals surface area contributed by atoms with Crippen LogP contribution in [0.1, 0.15) is 25.3 Å². The predicted molar refractivity (Wildman–Crippen MR) is 97.9 cm³/mol. The first kappa shape index (κ1) is 19.9. The summed E-state index contributed by atoms with van der Waals surface area (Å²) in [6.45, 7) is 6.22. The number of alkyl halides is 3. The van der Waals surface area contributed by atoms with Gasteiger partial charge < -0.3 is 15.0 Å². The van der Waals surface area contributed by atoms with Crippen molar-refractivity contribution in [3.63, 3.8) is 0 Å². The highest BCUT2D eigenvalue weighted by Gasteiger charge is 2.32. The van der Waals surface area contributed by atoms with Gasteiger partial charge in [0.1, 0.15) is 0 Å². The van der Waals surface area contributed by atoms with Crippen LogP contribution in [0.3, 0.4) is 0 Å². The lowest BCUT2D eigenvalue weighted by molar-refractivity contribution is -0.137. The van der Waals surface area contributed by atoms with Gasteiger partial charge in [0, 0.05) is 19.6 Å². The number of hydrogen-bond acceptors (Lipinski definition) is 4. The van der Waals surface area contributed by atoms with Crippen LogP contribution in [-0.2, 0) is 15.7 Å². The van der Waals surface area contributed by atoms with Crippen LogP contribution in [0, 0.1) is 5.92 Å². The van der Waals surface area contributed by atoms with Gasteiger partial charge in [0.25, 0.3) is 0 Å². The number of rotatable bonds is 4. The molecule has 0 aliphatic carbocycles. The van der Waals surface area contributed by atoms with E-state index in [4.69, 9.17) is 4.74 Å². The SMILES string of the molecule is CC1CCCN(CC(=O)Nc2cc(C(F)(F)F)ccc2N2CCOCC2)C1. The van der Waals surface area contributed by atoms with E-state index in [0.29, 0.717) is 37.9 Å². The molecule has 5 nitrogen and oxygen atoms in total. The van der Waals surface area contributed by atoms with Gasteiger partial charge in [-0.25, -0.2) is 0 Å². The number of nitrogens with one attached hydrogen (secondary N) is 1. The van der Waals surface area contributed by atoms with Crippen molar-refractivity contribution in [3.05, 3.63) is 23.8 Å². The maximum Gasteiger partial charge on any atom is 0.416 e. The Hall–Kier alpha value is -1.80. The molecule has 1 aromatic carbocycles. The fraction of sp³-hybridized carbons (Fsp3) is 0.632. The van der Waals surface area contributed by atoms with Crippen molar-refractivity contribution in [2.45, 2.75) is 25.9 Å². The lowest BCUT2D eigenvalue weighted by atomic mass is 10.0. The monoisotopic (exact) mass is 385 g/mol. The maximum absolute atomic E-state index is 13.1. The Morgan fingerprint density at radius 2 is 2.00 bits per heavy atom. The smallest absolute Gasteiger partial charge is 0.378 e. The highest BCUT2D eigenvalue weighted by Crippen LogP contribution is 2.35. The number of benzene rings is 1. The molecule has 2 fully saturated rings. The number of halogens is 3. The van der Waals surface area contributed by atoms with E-state index < -0.39 is 11.7 Å². The summed E-state index contributed by atoms with van der Waals surface area (Å²) in [7, 11) is 0. The molecule has 1 aromatic rings. The Morgan fingerprint density at radius 1 is 1.26 bits per heavy atom. The third-order valence-electron chi connectivity index (χ3n) is 5.06. The molecule has 1 N–H and O–H groups in total. The summed E-state index contributed by atoms with van der Waals surface area (Å²) in [5.74, 6) is 0.252. The second kappa shape index (κ2) is 8.48. The summed E-state index contributed by atoms with van der Waals surface area (Å²) < 4.78 is 44.7. The number of piperidine rings is 1. The van der Waals surface area contributed by atoms with Crippen LogP contribution in [-0.4, -0.2) is 56.7 Å². The summed E-state index contributed by atoms with van der Waals surface area (Å²) >= 11 is 0. The number of hydrogen-bond donors (Lipinski definition) is 1. The third-order valence-corrected chi connectivity index (χ3v) is 5.06.